The number of benzene rings is 1. The fourth-order valence-corrected chi connectivity index (χ4v) is 2.57. The first-order chi connectivity index (χ1) is 8.65. The summed E-state index contributed by atoms with van der Waals surface area (Å²) in [4.78, 5) is 0. The molecule has 2 rings (SSSR count). The minimum atomic E-state index is -0.392. The number of aliphatic hydroxyl groups excluding tert-OH is 1. The van der Waals surface area contributed by atoms with Gasteiger partial charge in [0.25, 0.3) is 0 Å². The Kier molecular flexibility index (Phi) is 4.38. The van der Waals surface area contributed by atoms with Gasteiger partial charge in [0.05, 0.1) is 18.2 Å². The quantitative estimate of drug-likeness (QED) is 0.838. The van der Waals surface area contributed by atoms with Crippen molar-refractivity contribution in [1.29, 1.82) is 0 Å². The van der Waals surface area contributed by atoms with Gasteiger partial charge < -0.3 is 15.2 Å². The molecule has 1 heterocycles. The third-order valence-electron chi connectivity index (χ3n) is 3.80. The highest BCUT2D eigenvalue weighted by molar-refractivity contribution is 5.32. The molecule has 1 aliphatic heterocycles. The zero-order valence-electron chi connectivity index (χ0n) is 11.3. The SMILES string of the molecule is Cc1ccccc1C(C)(CO)NCC1CCCO1. The summed E-state index contributed by atoms with van der Waals surface area (Å²) in [5, 5.41) is 13.2. The third kappa shape index (κ3) is 2.91. The lowest BCUT2D eigenvalue weighted by Gasteiger charge is -2.32. The van der Waals surface area contributed by atoms with Gasteiger partial charge in [0.1, 0.15) is 0 Å². The normalized spacial score (nSPS) is 22.9. The van der Waals surface area contributed by atoms with Gasteiger partial charge in [0.15, 0.2) is 0 Å². The first-order valence-electron chi connectivity index (χ1n) is 6.69. The summed E-state index contributed by atoms with van der Waals surface area (Å²) in [6, 6.07) is 8.20. The maximum absolute atomic E-state index is 9.73. The molecule has 2 unspecified atom stereocenters. The molecule has 3 heteroatoms. The summed E-state index contributed by atoms with van der Waals surface area (Å²) in [5.74, 6) is 0. The molecule has 0 radical (unpaired) electrons. The van der Waals surface area contributed by atoms with Gasteiger partial charge in [0.2, 0.25) is 0 Å². The molecule has 0 aliphatic carbocycles. The summed E-state index contributed by atoms with van der Waals surface area (Å²) >= 11 is 0. The fraction of sp³-hybridized carbons (Fsp3) is 0.600. The zero-order valence-corrected chi connectivity index (χ0v) is 11.3. The van der Waals surface area contributed by atoms with Crippen LogP contribution in [-0.2, 0) is 10.3 Å². The molecule has 100 valence electrons. The molecular weight excluding hydrogens is 226 g/mol. The highest BCUT2D eigenvalue weighted by atomic mass is 16.5. The van der Waals surface area contributed by atoms with Gasteiger partial charge in [-0.05, 0) is 37.8 Å². The van der Waals surface area contributed by atoms with Crippen molar-refractivity contribution in [3.63, 3.8) is 0 Å². The summed E-state index contributed by atoms with van der Waals surface area (Å²) in [6.07, 6.45) is 2.55. The van der Waals surface area contributed by atoms with Crippen molar-refractivity contribution in [2.75, 3.05) is 19.8 Å². The number of aryl methyl sites for hydroxylation is 1. The molecule has 3 nitrogen and oxygen atoms in total. The first kappa shape index (κ1) is 13.5. The Labute approximate surface area is 109 Å². The van der Waals surface area contributed by atoms with Crippen molar-refractivity contribution in [2.45, 2.75) is 38.3 Å². The van der Waals surface area contributed by atoms with E-state index in [-0.39, 0.29) is 6.61 Å². The van der Waals surface area contributed by atoms with Gasteiger partial charge in [-0.1, -0.05) is 24.3 Å². The molecule has 0 aromatic heterocycles. The van der Waals surface area contributed by atoms with Crippen LogP contribution in [0.15, 0.2) is 24.3 Å². The van der Waals surface area contributed by atoms with E-state index < -0.39 is 5.54 Å². The Balaban J connectivity index is 2.07. The van der Waals surface area contributed by atoms with Gasteiger partial charge >= 0.3 is 0 Å². The van der Waals surface area contributed by atoms with Gasteiger partial charge in [-0.2, -0.15) is 0 Å². The topological polar surface area (TPSA) is 41.5 Å². The predicted molar refractivity (Wildman–Crippen MR) is 72.6 cm³/mol. The standard InChI is InChI=1S/C15H23NO2/c1-12-6-3-4-8-14(12)15(2,11-17)16-10-13-7-5-9-18-13/h3-4,6,8,13,16-17H,5,7,9-11H2,1-2H3. The molecule has 2 N–H and O–H groups in total. The van der Waals surface area contributed by atoms with Crippen LogP contribution in [0.4, 0.5) is 0 Å². The molecule has 0 saturated carbocycles. The third-order valence-corrected chi connectivity index (χ3v) is 3.80. The Morgan fingerprint density at radius 3 is 2.83 bits per heavy atom. The fourth-order valence-electron chi connectivity index (χ4n) is 2.57. The van der Waals surface area contributed by atoms with E-state index in [2.05, 4.69) is 24.4 Å². The van der Waals surface area contributed by atoms with E-state index in [0.717, 1.165) is 31.6 Å². The van der Waals surface area contributed by atoms with Crippen LogP contribution < -0.4 is 5.32 Å². The van der Waals surface area contributed by atoms with Crippen LogP contribution in [0.2, 0.25) is 0 Å². The maximum Gasteiger partial charge on any atom is 0.0700 e. The van der Waals surface area contributed by atoms with Crippen molar-refractivity contribution < 1.29 is 9.84 Å². The molecule has 1 aromatic carbocycles. The Morgan fingerprint density at radius 2 is 2.22 bits per heavy atom. The van der Waals surface area contributed by atoms with Crippen LogP contribution in [0.3, 0.4) is 0 Å². The second-order valence-corrected chi connectivity index (χ2v) is 5.32. The van der Waals surface area contributed by atoms with Crippen LogP contribution in [0.5, 0.6) is 0 Å². The van der Waals surface area contributed by atoms with E-state index in [1.54, 1.807) is 0 Å². The molecule has 1 aliphatic rings. The molecule has 1 fully saturated rings. The number of hydrogen-bond donors (Lipinski definition) is 2. The molecule has 0 bridgehead atoms. The lowest BCUT2D eigenvalue weighted by molar-refractivity contribution is 0.0909. The molecule has 0 amide bonds. The molecule has 1 saturated heterocycles. The summed E-state index contributed by atoms with van der Waals surface area (Å²) in [7, 11) is 0. The van der Waals surface area contributed by atoms with Gasteiger partial charge in [-0.3, -0.25) is 0 Å². The highest BCUT2D eigenvalue weighted by Gasteiger charge is 2.28. The largest absolute Gasteiger partial charge is 0.394 e. The number of rotatable bonds is 5. The van der Waals surface area contributed by atoms with Crippen molar-refractivity contribution >= 4 is 0 Å². The van der Waals surface area contributed by atoms with Gasteiger partial charge in [-0.15, -0.1) is 0 Å². The first-order valence-corrected chi connectivity index (χ1v) is 6.69. The molecule has 2 atom stereocenters. The van der Waals surface area contributed by atoms with E-state index in [9.17, 15) is 5.11 Å². The van der Waals surface area contributed by atoms with E-state index in [4.69, 9.17) is 4.74 Å². The number of hydrogen-bond acceptors (Lipinski definition) is 3. The predicted octanol–water partition coefficient (Wildman–Crippen LogP) is 1.97. The Hall–Kier alpha value is -0.900. The summed E-state index contributed by atoms with van der Waals surface area (Å²) in [6.45, 7) is 5.88. The molecular formula is C15H23NO2. The van der Waals surface area contributed by atoms with Crippen LogP contribution in [-0.4, -0.2) is 31.0 Å². The maximum atomic E-state index is 9.73. The van der Waals surface area contributed by atoms with Crippen molar-refractivity contribution in [3.8, 4) is 0 Å². The highest BCUT2D eigenvalue weighted by Crippen LogP contribution is 2.24. The average Bonchev–Trinajstić information content (AvgIpc) is 2.90. The van der Waals surface area contributed by atoms with Crippen LogP contribution >= 0.6 is 0 Å². The van der Waals surface area contributed by atoms with E-state index in [1.165, 1.54) is 5.56 Å². The zero-order chi connectivity index (χ0) is 13.0. The van der Waals surface area contributed by atoms with Crippen molar-refractivity contribution in [2.24, 2.45) is 0 Å². The smallest absolute Gasteiger partial charge is 0.0700 e. The Bertz CT molecular complexity index is 388. The second kappa shape index (κ2) is 5.83. The van der Waals surface area contributed by atoms with E-state index in [1.807, 2.05) is 19.1 Å². The van der Waals surface area contributed by atoms with Gasteiger partial charge in [-0.25, -0.2) is 0 Å². The number of ether oxygens (including phenoxy) is 1. The average molecular weight is 249 g/mol. The monoisotopic (exact) mass is 249 g/mol. The second-order valence-electron chi connectivity index (χ2n) is 5.32. The minimum absolute atomic E-state index is 0.0879. The van der Waals surface area contributed by atoms with Crippen LogP contribution in [0.1, 0.15) is 30.9 Å². The van der Waals surface area contributed by atoms with E-state index in [0.29, 0.717) is 6.10 Å². The minimum Gasteiger partial charge on any atom is -0.394 e. The molecule has 0 spiro atoms. The van der Waals surface area contributed by atoms with E-state index >= 15 is 0 Å². The van der Waals surface area contributed by atoms with Crippen molar-refractivity contribution in [1.82, 2.24) is 5.32 Å². The molecule has 1 aromatic rings. The van der Waals surface area contributed by atoms with Crippen LogP contribution in [0, 0.1) is 6.92 Å². The summed E-state index contributed by atoms with van der Waals surface area (Å²) < 4.78 is 5.61. The lowest BCUT2D eigenvalue weighted by Crippen LogP contribution is -2.46. The Morgan fingerprint density at radius 1 is 1.44 bits per heavy atom. The van der Waals surface area contributed by atoms with Gasteiger partial charge in [0, 0.05) is 13.2 Å². The van der Waals surface area contributed by atoms with Crippen LogP contribution in [0.25, 0.3) is 0 Å². The summed E-state index contributed by atoms with van der Waals surface area (Å²) in [5.41, 5.74) is 1.97. The van der Waals surface area contributed by atoms with Crippen molar-refractivity contribution in [3.05, 3.63) is 35.4 Å². The molecule has 18 heavy (non-hydrogen) atoms. The number of nitrogens with one attached hydrogen (secondary N) is 1. The lowest BCUT2D eigenvalue weighted by atomic mass is 9.89. The number of aliphatic hydroxyl groups is 1.